The molecule has 1 aromatic rings. The quantitative estimate of drug-likeness (QED) is 0.863. The van der Waals surface area contributed by atoms with E-state index in [0.29, 0.717) is 5.75 Å². The molecule has 0 bridgehead atoms. The number of thioether (sulfide) groups is 1. The highest BCUT2D eigenvalue weighted by Gasteiger charge is 2.30. The first kappa shape index (κ1) is 11.1. The Labute approximate surface area is 105 Å². The van der Waals surface area contributed by atoms with E-state index in [1.807, 2.05) is 0 Å². The lowest BCUT2D eigenvalue weighted by molar-refractivity contribution is -0.138. The van der Waals surface area contributed by atoms with Crippen molar-refractivity contribution in [2.45, 2.75) is 30.2 Å². The van der Waals surface area contributed by atoms with E-state index >= 15 is 0 Å². The van der Waals surface area contributed by atoms with Crippen LogP contribution in [-0.4, -0.2) is 22.9 Å². The standard InChI is InChI=1S/C13H15NO2S/c15-13(16)11-7-17-12(14-11)10-5-3-9(4-6-10)8-1-2-8/h3-6,8,11-12,14H,1-2,7H2,(H,15,16). The van der Waals surface area contributed by atoms with Crippen molar-refractivity contribution >= 4 is 17.7 Å². The van der Waals surface area contributed by atoms with Crippen LogP contribution in [0.15, 0.2) is 24.3 Å². The largest absolute Gasteiger partial charge is 0.480 e. The Kier molecular flexibility index (Phi) is 2.84. The Morgan fingerprint density at radius 1 is 1.24 bits per heavy atom. The van der Waals surface area contributed by atoms with Gasteiger partial charge in [-0.05, 0) is 29.9 Å². The van der Waals surface area contributed by atoms with Crippen LogP contribution in [0.4, 0.5) is 0 Å². The van der Waals surface area contributed by atoms with E-state index in [0.717, 1.165) is 5.92 Å². The van der Waals surface area contributed by atoms with Gasteiger partial charge in [-0.25, -0.2) is 0 Å². The molecular weight excluding hydrogens is 234 g/mol. The van der Waals surface area contributed by atoms with Crippen molar-refractivity contribution in [3.63, 3.8) is 0 Å². The van der Waals surface area contributed by atoms with Crippen LogP contribution >= 0.6 is 11.8 Å². The third kappa shape index (κ3) is 2.33. The van der Waals surface area contributed by atoms with Gasteiger partial charge in [0.05, 0.1) is 5.37 Å². The topological polar surface area (TPSA) is 49.3 Å². The third-order valence-electron chi connectivity index (χ3n) is 3.37. The first-order valence-electron chi connectivity index (χ1n) is 5.94. The molecule has 3 rings (SSSR count). The molecule has 2 atom stereocenters. The average molecular weight is 249 g/mol. The van der Waals surface area contributed by atoms with Crippen LogP contribution in [0.1, 0.15) is 35.3 Å². The summed E-state index contributed by atoms with van der Waals surface area (Å²) in [4.78, 5) is 10.9. The van der Waals surface area contributed by atoms with Crippen molar-refractivity contribution in [1.82, 2.24) is 5.32 Å². The van der Waals surface area contributed by atoms with Crippen LogP contribution in [0.5, 0.6) is 0 Å². The van der Waals surface area contributed by atoms with Crippen LogP contribution in [0.3, 0.4) is 0 Å². The fourth-order valence-corrected chi connectivity index (χ4v) is 3.40. The highest BCUT2D eigenvalue weighted by atomic mass is 32.2. The van der Waals surface area contributed by atoms with Crippen LogP contribution in [0.25, 0.3) is 0 Å². The van der Waals surface area contributed by atoms with Gasteiger partial charge < -0.3 is 5.11 Å². The van der Waals surface area contributed by atoms with Gasteiger partial charge in [0.25, 0.3) is 0 Å². The molecular formula is C13H15NO2S. The molecule has 4 heteroatoms. The molecule has 0 spiro atoms. The molecule has 2 unspecified atom stereocenters. The number of nitrogens with one attached hydrogen (secondary N) is 1. The number of rotatable bonds is 3. The summed E-state index contributed by atoms with van der Waals surface area (Å²) >= 11 is 1.67. The molecule has 0 aromatic heterocycles. The number of carboxylic acids is 1. The molecule has 2 fully saturated rings. The van der Waals surface area contributed by atoms with Gasteiger partial charge in [-0.1, -0.05) is 24.3 Å². The lowest BCUT2D eigenvalue weighted by Gasteiger charge is -2.11. The van der Waals surface area contributed by atoms with Gasteiger partial charge in [-0.2, -0.15) is 0 Å². The smallest absolute Gasteiger partial charge is 0.321 e. The molecule has 1 aliphatic heterocycles. The van der Waals surface area contributed by atoms with Gasteiger partial charge in [0.15, 0.2) is 0 Å². The predicted molar refractivity (Wildman–Crippen MR) is 68.2 cm³/mol. The Morgan fingerprint density at radius 2 is 1.88 bits per heavy atom. The summed E-state index contributed by atoms with van der Waals surface area (Å²) in [5.74, 6) is 0.666. The molecule has 2 N–H and O–H groups in total. The molecule has 1 aromatic carbocycles. The molecule has 1 saturated carbocycles. The zero-order valence-electron chi connectivity index (χ0n) is 9.43. The zero-order chi connectivity index (χ0) is 11.8. The van der Waals surface area contributed by atoms with Crippen molar-refractivity contribution in [2.75, 3.05) is 5.75 Å². The van der Waals surface area contributed by atoms with Crippen molar-refractivity contribution in [2.24, 2.45) is 0 Å². The number of hydrogen-bond donors (Lipinski definition) is 2. The van der Waals surface area contributed by atoms with E-state index in [9.17, 15) is 4.79 Å². The number of hydrogen-bond acceptors (Lipinski definition) is 3. The van der Waals surface area contributed by atoms with E-state index in [1.54, 1.807) is 11.8 Å². The van der Waals surface area contributed by atoms with E-state index in [2.05, 4.69) is 29.6 Å². The second kappa shape index (κ2) is 4.35. The fourth-order valence-electron chi connectivity index (χ4n) is 2.17. The summed E-state index contributed by atoms with van der Waals surface area (Å²) in [6.45, 7) is 0. The van der Waals surface area contributed by atoms with Crippen molar-refractivity contribution < 1.29 is 9.90 Å². The zero-order valence-corrected chi connectivity index (χ0v) is 10.2. The minimum atomic E-state index is -0.755. The maximum atomic E-state index is 10.9. The number of carbonyl (C=O) groups is 1. The minimum Gasteiger partial charge on any atom is -0.480 e. The average Bonchev–Trinajstić information content (AvgIpc) is 3.06. The maximum absolute atomic E-state index is 10.9. The second-order valence-electron chi connectivity index (χ2n) is 4.71. The summed E-state index contributed by atoms with van der Waals surface area (Å²) in [5, 5.41) is 12.2. The Balaban J connectivity index is 1.70. The predicted octanol–water partition coefficient (Wildman–Crippen LogP) is 2.35. The van der Waals surface area contributed by atoms with E-state index < -0.39 is 12.0 Å². The van der Waals surface area contributed by atoms with Gasteiger partial charge in [0.2, 0.25) is 0 Å². The SMILES string of the molecule is O=C(O)C1CSC(c2ccc(C3CC3)cc2)N1. The van der Waals surface area contributed by atoms with Crippen molar-refractivity contribution in [3.05, 3.63) is 35.4 Å². The lowest BCUT2D eigenvalue weighted by atomic mass is 10.1. The highest BCUT2D eigenvalue weighted by molar-refractivity contribution is 7.99. The van der Waals surface area contributed by atoms with Crippen molar-refractivity contribution in [1.29, 1.82) is 0 Å². The Morgan fingerprint density at radius 3 is 2.41 bits per heavy atom. The van der Waals surface area contributed by atoms with Gasteiger partial charge in [0, 0.05) is 5.75 Å². The van der Waals surface area contributed by atoms with Crippen LogP contribution in [0.2, 0.25) is 0 Å². The molecule has 90 valence electrons. The summed E-state index contributed by atoms with van der Waals surface area (Å²) in [6.07, 6.45) is 2.63. The monoisotopic (exact) mass is 249 g/mol. The van der Waals surface area contributed by atoms with E-state index in [1.165, 1.54) is 24.0 Å². The van der Waals surface area contributed by atoms with E-state index in [-0.39, 0.29) is 5.37 Å². The third-order valence-corrected chi connectivity index (χ3v) is 4.64. The van der Waals surface area contributed by atoms with Crippen LogP contribution < -0.4 is 5.32 Å². The number of benzene rings is 1. The van der Waals surface area contributed by atoms with E-state index in [4.69, 9.17) is 5.11 Å². The first-order valence-corrected chi connectivity index (χ1v) is 6.99. The van der Waals surface area contributed by atoms with Gasteiger partial charge in [-0.15, -0.1) is 11.8 Å². The Bertz CT molecular complexity index is 428. The molecule has 1 heterocycles. The molecule has 2 aliphatic rings. The number of aliphatic carboxylic acids is 1. The summed E-state index contributed by atoms with van der Waals surface area (Å²) in [5.41, 5.74) is 2.61. The van der Waals surface area contributed by atoms with Crippen LogP contribution in [-0.2, 0) is 4.79 Å². The van der Waals surface area contributed by atoms with Gasteiger partial charge >= 0.3 is 5.97 Å². The lowest BCUT2D eigenvalue weighted by Crippen LogP contribution is -2.33. The maximum Gasteiger partial charge on any atom is 0.321 e. The summed E-state index contributed by atoms with van der Waals surface area (Å²) in [7, 11) is 0. The fraction of sp³-hybridized carbons (Fsp3) is 0.462. The molecule has 0 radical (unpaired) electrons. The number of carboxylic acid groups (broad SMARTS) is 1. The molecule has 3 nitrogen and oxygen atoms in total. The Hall–Kier alpha value is -1.00. The van der Waals surface area contributed by atoms with Crippen molar-refractivity contribution in [3.8, 4) is 0 Å². The summed E-state index contributed by atoms with van der Waals surface area (Å²) in [6, 6.07) is 8.21. The molecule has 1 aliphatic carbocycles. The first-order chi connectivity index (χ1) is 8.24. The van der Waals surface area contributed by atoms with Gasteiger partial charge in [-0.3, -0.25) is 10.1 Å². The minimum absolute atomic E-state index is 0.129. The molecule has 0 amide bonds. The molecule has 17 heavy (non-hydrogen) atoms. The normalized spacial score (nSPS) is 28.2. The van der Waals surface area contributed by atoms with Crippen LogP contribution in [0, 0.1) is 0 Å². The van der Waals surface area contributed by atoms with Gasteiger partial charge in [0.1, 0.15) is 6.04 Å². The summed E-state index contributed by atoms with van der Waals surface area (Å²) < 4.78 is 0. The second-order valence-corrected chi connectivity index (χ2v) is 5.85. The highest BCUT2D eigenvalue weighted by Crippen LogP contribution is 2.41. The molecule has 1 saturated heterocycles.